The predicted molar refractivity (Wildman–Crippen MR) is 90.7 cm³/mol. The lowest BCUT2D eigenvalue weighted by molar-refractivity contribution is -0.234. The lowest BCUT2D eigenvalue weighted by Crippen LogP contribution is -2.78. The zero-order valence-corrected chi connectivity index (χ0v) is 14.4. The number of hydrogen-bond donors (Lipinski definition) is 0. The van der Waals surface area contributed by atoms with Crippen LogP contribution >= 0.6 is 0 Å². The molecular weight excluding hydrogens is 288 g/mol. The highest BCUT2D eigenvalue weighted by Gasteiger charge is 2.74. The fourth-order valence-corrected chi connectivity index (χ4v) is 5.00. The van der Waals surface area contributed by atoms with Crippen molar-refractivity contribution in [3.63, 3.8) is 0 Å². The first kappa shape index (κ1) is 15.0. The van der Waals surface area contributed by atoms with E-state index >= 15 is 0 Å². The Morgan fingerprint density at radius 3 is 2.35 bits per heavy atom. The number of hydrogen-bond acceptors (Lipinski definition) is 4. The van der Waals surface area contributed by atoms with Gasteiger partial charge in [-0.25, -0.2) is 0 Å². The van der Waals surface area contributed by atoms with E-state index in [1.165, 1.54) is 23.9 Å². The van der Waals surface area contributed by atoms with Gasteiger partial charge in [0, 0.05) is 37.4 Å². The van der Waals surface area contributed by atoms with Gasteiger partial charge in [0.15, 0.2) is 0 Å². The van der Waals surface area contributed by atoms with Crippen molar-refractivity contribution < 1.29 is 9.53 Å². The lowest BCUT2D eigenvalue weighted by Gasteiger charge is -2.72. The Labute approximate surface area is 138 Å². The third-order valence-corrected chi connectivity index (χ3v) is 6.49. The van der Waals surface area contributed by atoms with Crippen molar-refractivity contribution in [2.24, 2.45) is 5.41 Å². The quantitative estimate of drug-likeness (QED) is 0.803. The molecule has 4 fully saturated rings. The van der Waals surface area contributed by atoms with E-state index in [1.54, 1.807) is 0 Å². The number of esters is 1. The van der Waals surface area contributed by atoms with Crippen molar-refractivity contribution in [1.82, 2.24) is 4.90 Å². The van der Waals surface area contributed by atoms with E-state index in [2.05, 4.69) is 41.8 Å². The molecule has 1 saturated heterocycles. The second-order valence-corrected chi connectivity index (χ2v) is 7.72. The third kappa shape index (κ3) is 2.04. The molecule has 3 aliphatic carbocycles. The Kier molecular flexibility index (Phi) is 3.24. The van der Waals surface area contributed by atoms with Crippen LogP contribution in [0.5, 0.6) is 0 Å². The van der Waals surface area contributed by atoms with Gasteiger partial charge in [-0.15, -0.1) is 0 Å². The van der Waals surface area contributed by atoms with Gasteiger partial charge in [-0.3, -0.25) is 9.69 Å². The molecule has 1 aromatic carbocycles. The number of anilines is 1. The van der Waals surface area contributed by atoms with Crippen LogP contribution in [0.15, 0.2) is 18.2 Å². The van der Waals surface area contributed by atoms with Crippen molar-refractivity contribution in [2.45, 2.75) is 38.6 Å². The molecule has 0 amide bonds. The molecule has 4 aliphatic rings. The summed E-state index contributed by atoms with van der Waals surface area (Å²) in [4.78, 5) is 17.0. The van der Waals surface area contributed by atoms with Crippen LogP contribution in [0, 0.1) is 19.3 Å². The molecule has 124 valence electrons. The fraction of sp³-hybridized carbons (Fsp3) is 0.632. The molecule has 1 aliphatic heterocycles. The summed E-state index contributed by atoms with van der Waals surface area (Å²) in [7, 11) is 1.51. The molecule has 23 heavy (non-hydrogen) atoms. The summed E-state index contributed by atoms with van der Waals surface area (Å²) < 4.78 is 4.96. The Hall–Kier alpha value is -1.55. The molecule has 0 spiro atoms. The topological polar surface area (TPSA) is 32.8 Å². The van der Waals surface area contributed by atoms with Gasteiger partial charge in [-0.2, -0.15) is 0 Å². The second kappa shape index (κ2) is 4.97. The van der Waals surface area contributed by atoms with Crippen molar-refractivity contribution in [1.29, 1.82) is 0 Å². The van der Waals surface area contributed by atoms with E-state index < -0.39 is 0 Å². The minimum Gasteiger partial charge on any atom is -0.469 e. The van der Waals surface area contributed by atoms with Crippen molar-refractivity contribution in [2.75, 3.05) is 38.2 Å². The molecule has 5 rings (SSSR count). The Morgan fingerprint density at radius 1 is 1.09 bits per heavy atom. The molecule has 4 heteroatoms. The summed E-state index contributed by atoms with van der Waals surface area (Å²) in [6.45, 7) is 8.77. The van der Waals surface area contributed by atoms with E-state index in [0.717, 1.165) is 45.4 Å². The fourth-order valence-electron chi connectivity index (χ4n) is 5.00. The van der Waals surface area contributed by atoms with Gasteiger partial charge in [0.25, 0.3) is 0 Å². The van der Waals surface area contributed by atoms with Gasteiger partial charge >= 0.3 is 5.97 Å². The van der Waals surface area contributed by atoms with E-state index in [-0.39, 0.29) is 11.4 Å². The highest BCUT2D eigenvalue weighted by Crippen LogP contribution is 2.70. The molecular formula is C19H26N2O2. The molecule has 3 saturated carbocycles. The Balaban J connectivity index is 1.38. The number of ether oxygens (including phenoxy) is 1. The smallest absolute Gasteiger partial charge is 0.312 e. The zero-order valence-electron chi connectivity index (χ0n) is 14.4. The maximum Gasteiger partial charge on any atom is 0.312 e. The first-order valence-corrected chi connectivity index (χ1v) is 8.64. The minimum atomic E-state index is -0.126. The maximum atomic E-state index is 11.8. The average molecular weight is 314 g/mol. The second-order valence-electron chi connectivity index (χ2n) is 7.72. The Bertz CT molecular complexity index is 627. The highest BCUT2D eigenvalue weighted by atomic mass is 16.5. The highest BCUT2D eigenvalue weighted by molar-refractivity contribution is 5.82. The molecule has 0 radical (unpaired) electrons. The largest absolute Gasteiger partial charge is 0.469 e. The van der Waals surface area contributed by atoms with Crippen LogP contribution in [0.3, 0.4) is 0 Å². The van der Waals surface area contributed by atoms with Gasteiger partial charge in [0.05, 0.1) is 12.5 Å². The van der Waals surface area contributed by atoms with Gasteiger partial charge in [-0.05, 0) is 50.3 Å². The van der Waals surface area contributed by atoms with Gasteiger partial charge in [0.2, 0.25) is 0 Å². The van der Waals surface area contributed by atoms with Gasteiger partial charge in [-0.1, -0.05) is 12.1 Å². The number of piperazine rings is 1. The first-order chi connectivity index (χ1) is 11.0. The van der Waals surface area contributed by atoms with Gasteiger partial charge < -0.3 is 9.64 Å². The average Bonchev–Trinajstić information content (AvgIpc) is 2.48. The van der Waals surface area contributed by atoms with E-state index in [1.807, 2.05) is 0 Å². The van der Waals surface area contributed by atoms with Crippen LogP contribution in [-0.2, 0) is 9.53 Å². The number of rotatable bonds is 3. The van der Waals surface area contributed by atoms with Crippen molar-refractivity contribution in [3.05, 3.63) is 29.3 Å². The van der Waals surface area contributed by atoms with Crippen LogP contribution in [0.2, 0.25) is 0 Å². The summed E-state index contributed by atoms with van der Waals surface area (Å²) in [5, 5.41) is 0. The van der Waals surface area contributed by atoms with E-state index in [4.69, 9.17) is 4.74 Å². The van der Waals surface area contributed by atoms with Crippen LogP contribution in [-0.4, -0.2) is 49.7 Å². The molecule has 1 aromatic rings. The summed E-state index contributed by atoms with van der Waals surface area (Å²) in [6, 6.07) is 6.58. The molecule has 1 heterocycles. The van der Waals surface area contributed by atoms with Crippen LogP contribution in [0.4, 0.5) is 5.69 Å². The third-order valence-electron chi connectivity index (χ3n) is 6.49. The number of methoxy groups -OCH3 is 1. The molecule has 0 atom stereocenters. The van der Waals surface area contributed by atoms with E-state index in [9.17, 15) is 4.79 Å². The van der Waals surface area contributed by atoms with Crippen molar-refractivity contribution in [3.8, 4) is 0 Å². The maximum absolute atomic E-state index is 11.8. The number of aryl methyl sites for hydroxylation is 1. The molecule has 2 bridgehead atoms. The number of nitrogens with zero attached hydrogens (tertiary/aromatic N) is 2. The zero-order chi connectivity index (χ0) is 16.2. The summed E-state index contributed by atoms with van der Waals surface area (Å²) in [5.41, 5.74) is 4.33. The van der Waals surface area contributed by atoms with E-state index in [0.29, 0.717) is 5.54 Å². The molecule has 0 N–H and O–H groups in total. The number of benzene rings is 1. The summed E-state index contributed by atoms with van der Waals surface area (Å²) >= 11 is 0. The monoisotopic (exact) mass is 314 g/mol. The molecule has 4 nitrogen and oxygen atoms in total. The standard InChI is InChI=1S/C19H26N2O2/c1-14-5-4-6-16(15(14)2)20-7-9-21(10-8-20)19-11-18(12-19,13-19)17(22)23-3/h4-6H,7-13H2,1-3H3. The summed E-state index contributed by atoms with van der Waals surface area (Å²) in [6.07, 6.45) is 3.03. The normalized spacial score (nSPS) is 32.9. The number of carbonyl (C=O) groups is 1. The van der Waals surface area contributed by atoms with Crippen molar-refractivity contribution >= 4 is 11.7 Å². The Morgan fingerprint density at radius 2 is 1.74 bits per heavy atom. The lowest BCUT2D eigenvalue weighted by atomic mass is 9.38. The minimum absolute atomic E-state index is 0.00777. The number of carbonyl (C=O) groups excluding carboxylic acids is 1. The van der Waals surface area contributed by atoms with Crippen LogP contribution in [0.25, 0.3) is 0 Å². The predicted octanol–water partition coefficient (Wildman–Crippen LogP) is 2.52. The SMILES string of the molecule is COC(=O)C12CC(N3CCN(c4cccc(C)c4C)CC3)(C1)C2. The summed E-state index contributed by atoms with van der Waals surface area (Å²) in [5.74, 6) is 0.00777. The molecule has 0 aromatic heterocycles. The van der Waals surface area contributed by atoms with Gasteiger partial charge in [0.1, 0.15) is 0 Å². The first-order valence-electron chi connectivity index (χ1n) is 8.64. The van der Waals surface area contributed by atoms with Crippen LogP contribution < -0.4 is 4.90 Å². The van der Waals surface area contributed by atoms with Crippen LogP contribution in [0.1, 0.15) is 30.4 Å². The molecule has 0 unspecified atom stereocenters.